The molecule has 6 heteroatoms. The molecule has 0 aromatic heterocycles. The van der Waals surface area contributed by atoms with Crippen molar-refractivity contribution in [2.75, 3.05) is 16.8 Å². The van der Waals surface area contributed by atoms with E-state index in [0.717, 1.165) is 46.7 Å². The number of hydrogen-bond donors (Lipinski definition) is 1. The quantitative estimate of drug-likeness (QED) is 0.544. The lowest BCUT2D eigenvalue weighted by Gasteiger charge is -2.29. The van der Waals surface area contributed by atoms with E-state index in [1.807, 2.05) is 77.7 Å². The minimum Gasteiger partial charge on any atom is -0.484 e. The van der Waals surface area contributed by atoms with Gasteiger partial charge in [0.05, 0.1) is 11.3 Å². The van der Waals surface area contributed by atoms with E-state index in [1.165, 1.54) is 0 Å². The van der Waals surface area contributed by atoms with Crippen LogP contribution in [0.4, 0.5) is 11.4 Å². The van der Waals surface area contributed by atoms with Crippen LogP contribution in [0.15, 0.2) is 82.6 Å². The molecule has 0 radical (unpaired) electrons. The van der Waals surface area contributed by atoms with Crippen molar-refractivity contribution in [1.29, 1.82) is 0 Å². The summed E-state index contributed by atoms with van der Waals surface area (Å²) in [6.07, 6.45) is 4.34. The second-order valence-corrected chi connectivity index (χ2v) is 9.13. The number of ether oxygens (including phenoxy) is 1. The van der Waals surface area contributed by atoms with Gasteiger partial charge in [-0.2, -0.15) is 0 Å². The largest absolute Gasteiger partial charge is 0.484 e. The number of anilines is 2. The third-order valence-corrected chi connectivity index (χ3v) is 6.99. The van der Waals surface area contributed by atoms with Gasteiger partial charge in [-0.15, -0.1) is 0 Å². The second-order valence-electron chi connectivity index (χ2n) is 8.04. The minimum absolute atomic E-state index is 0.0618. The lowest BCUT2D eigenvalue weighted by molar-refractivity contribution is -0.118. The number of rotatable bonds is 5. The lowest BCUT2D eigenvalue weighted by Crippen LogP contribution is -2.39. The van der Waals surface area contributed by atoms with E-state index in [9.17, 15) is 9.59 Å². The summed E-state index contributed by atoms with van der Waals surface area (Å²) >= 11 is 1.58. The number of carbonyl (C=O) groups excluding carboxylic acids is 2. The van der Waals surface area contributed by atoms with Gasteiger partial charge >= 0.3 is 0 Å². The Bertz CT molecular complexity index is 1140. The fraction of sp³-hybridized carbons (Fsp3) is 0.231. The Morgan fingerprint density at radius 3 is 2.53 bits per heavy atom. The predicted molar refractivity (Wildman–Crippen MR) is 127 cm³/mol. The molecule has 0 unspecified atom stereocenters. The Balaban J connectivity index is 1.40. The van der Waals surface area contributed by atoms with Crippen molar-refractivity contribution < 1.29 is 14.3 Å². The van der Waals surface area contributed by atoms with Crippen LogP contribution in [0.2, 0.25) is 0 Å². The zero-order valence-corrected chi connectivity index (χ0v) is 18.4. The third-order valence-electron chi connectivity index (χ3n) is 5.86. The Labute approximate surface area is 191 Å². The zero-order valence-electron chi connectivity index (χ0n) is 17.6. The van der Waals surface area contributed by atoms with Gasteiger partial charge in [0.2, 0.25) is 0 Å². The van der Waals surface area contributed by atoms with E-state index in [1.54, 1.807) is 11.8 Å². The molecule has 162 valence electrons. The van der Waals surface area contributed by atoms with Crippen LogP contribution in [-0.4, -0.2) is 24.5 Å². The summed E-state index contributed by atoms with van der Waals surface area (Å²) < 4.78 is 5.55. The molecular weight excluding hydrogens is 420 g/mol. The van der Waals surface area contributed by atoms with Gasteiger partial charge in [0.25, 0.3) is 11.8 Å². The first-order valence-corrected chi connectivity index (χ1v) is 11.7. The first-order chi connectivity index (χ1) is 15.7. The molecule has 32 heavy (non-hydrogen) atoms. The van der Waals surface area contributed by atoms with Crippen molar-refractivity contribution in [2.24, 2.45) is 0 Å². The fourth-order valence-corrected chi connectivity index (χ4v) is 5.46. The summed E-state index contributed by atoms with van der Waals surface area (Å²) in [6, 6.07) is 23.0. The Morgan fingerprint density at radius 1 is 0.969 bits per heavy atom. The molecule has 0 saturated heterocycles. The van der Waals surface area contributed by atoms with E-state index in [0.29, 0.717) is 11.4 Å². The van der Waals surface area contributed by atoms with Gasteiger partial charge in [0.1, 0.15) is 5.75 Å². The smallest absolute Gasteiger partial charge is 0.262 e. The summed E-state index contributed by atoms with van der Waals surface area (Å²) in [4.78, 5) is 29.8. The molecule has 5 rings (SSSR count). The molecule has 1 N–H and O–H groups in total. The van der Waals surface area contributed by atoms with Crippen LogP contribution in [0.25, 0.3) is 0 Å². The number of hydrogen-bond acceptors (Lipinski definition) is 4. The normalized spacial score (nSPS) is 15.6. The molecular formula is C26H24N2O3S. The Kier molecular flexibility index (Phi) is 5.86. The highest BCUT2D eigenvalue weighted by Crippen LogP contribution is 2.44. The molecule has 5 nitrogen and oxygen atoms in total. The second kappa shape index (κ2) is 9.09. The average molecular weight is 445 g/mol. The van der Waals surface area contributed by atoms with Gasteiger partial charge in [-0.05, 0) is 55.3 Å². The molecule has 0 bridgehead atoms. The van der Waals surface area contributed by atoms with Crippen LogP contribution in [0.3, 0.4) is 0 Å². The van der Waals surface area contributed by atoms with E-state index >= 15 is 0 Å². The highest BCUT2D eigenvalue weighted by Gasteiger charge is 2.34. The number of benzene rings is 3. The van der Waals surface area contributed by atoms with Gasteiger partial charge in [-0.3, -0.25) is 9.59 Å². The summed E-state index contributed by atoms with van der Waals surface area (Å²) in [5, 5.41) is 2.92. The number of fused-ring (bicyclic) bond motifs is 2. The maximum absolute atomic E-state index is 13.5. The highest BCUT2D eigenvalue weighted by molar-refractivity contribution is 7.99. The molecule has 2 amide bonds. The monoisotopic (exact) mass is 444 g/mol. The van der Waals surface area contributed by atoms with Crippen LogP contribution in [0.1, 0.15) is 36.0 Å². The number of nitrogens with one attached hydrogen (secondary N) is 1. The summed E-state index contributed by atoms with van der Waals surface area (Å²) in [5.41, 5.74) is 2.35. The Hall–Kier alpha value is -3.25. The van der Waals surface area contributed by atoms with E-state index < -0.39 is 0 Å². The molecule has 1 aliphatic carbocycles. The van der Waals surface area contributed by atoms with Crippen LogP contribution in [-0.2, 0) is 4.79 Å². The fourth-order valence-electron chi connectivity index (χ4n) is 4.35. The van der Waals surface area contributed by atoms with Crippen LogP contribution >= 0.6 is 11.8 Å². The first-order valence-electron chi connectivity index (χ1n) is 10.9. The first kappa shape index (κ1) is 20.6. The van der Waals surface area contributed by atoms with Crippen LogP contribution in [0.5, 0.6) is 5.75 Å². The Morgan fingerprint density at radius 2 is 1.72 bits per heavy atom. The van der Waals surface area contributed by atoms with Gasteiger partial charge in [0, 0.05) is 21.5 Å². The SMILES string of the molecule is O=C(COc1ccccc1)Nc1ccc2c(c1)Sc1ccccc1C(=O)N2C1CCCC1. The van der Waals surface area contributed by atoms with E-state index in [2.05, 4.69) is 5.32 Å². The molecule has 3 aromatic rings. The number of para-hydroxylation sites is 1. The molecule has 0 spiro atoms. The predicted octanol–water partition coefficient (Wildman–Crippen LogP) is 5.76. The van der Waals surface area contributed by atoms with E-state index in [-0.39, 0.29) is 24.5 Å². The third kappa shape index (κ3) is 4.23. The van der Waals surface area contributed by atoms with Crippen molar-refractivity contribution in [3.63, 3.8) is 0 Å². The van der Waals surface area contributed by atoms with E-state index in [4.69, 9.17) is 4.74 Å². The van der Waals surface area contributed by atoms with Crippen molar-refractivity contribution >= 4 is 35.0 Å². The lowest BCUT2D eigenvalue weighted by atomic mass is 10.1. The maximum Gasteiger partial charge on any atom is 0.262 e. The topological polar surface area (TPSA) is 58.6 Å². The maximum atomic E-state index is 13.5. The van der Waals surface area contributed by atoms with Gasteiger partial charge in [-0.25, -0.2) is 0 Å². The van der Waals surface area contributed by atoms with Gasteiger partial charge in [0.15, 0.2) is 6.61 Å². The molecule has 1 aliphatic heterocycles. The standard InChI is InChI=1S/C26H24N2O3S/c29-25(17-31-20-10-2-1-3-11-20)27-18-14-15-22-24(16-18)32-23-13-7-6-12-21(23)26(30)28(22)19-8-4-5-9-19/h1-3,6-7,10-16,19H,4-5,8-9,17H2,(H,27,29). The molecule has 1 fully saturated rings. The van der Waals surface area contributed by atoms with Gasteiger partial charge < -0.3 is 15.0 Å². The number of carbonyl (C=O) groups is 2. The molecule has 1 heterocycles. The van der Waals surface area contributed by atoms with Crippen molar-refractivity contribution in [3.8, 4) is 5.75 Å². The highest BCUT2D eigenvalue weighted by atomic mass is 32.2. The number of amides is 2. The summed E-state index contributed by atoms with van der Waals surface area (Å²) in [7, 11) is 0. The zero-order chi connectivity index (χ0) is 21.9. The van der Waals surface area contributed by atoms with Crippen LogP contribution < -0.4 is 15.0 Å². The van der Waals surface area contributed by atoms with Crippen molar-refractivity contribution in [1.82, 2.24) is 0 Å². The summed E-state index contributed by atoms with van der Waals surface area (Å²) in [6.45, 7) is -0.0657. The minimum atomic E-state index is -0.225. The molecule has 3 aromatic carbocycles. The summed E-state index contributed by atoms with van der Waals surface area (Å²) in [5.74, 6) is 0.491. The number of nitrogens with zero attached hydrogens (tertiary/aromatic N) is 1. The average Bonchev–Trinajstić information content (AvgIpc) is 3.31. The van der Waals surface area contributed by atoms with Gasteiger partial charge in [-0.1, -0.05) is 54.9 Å². The van der Waals surface area contributed by atoms with Crippen LogP contribution in [0, 0.1) is 0 Å². The van der Waals surface area contributed by atoms with Crippen molar-refractivity contribution in [2.45, 2.75) is 41.5 Å². The molecule has 1 saturated carbocycles. The molecule has 0 atom stereocenters. The molecule has 2 aliphatic rings. The van der Waals surface area contributed by atoms with Crippen molar-refractivity contribution in [3.05, 3.63) is 78.4 Å².